The Bertz CT molecular complexity index is 2370. The number of carbonyl (C=O) groups is 4. The summed E-state index contributed by atoms with van der Waals surface area (Å²) in [5.41, 5.74) is 4.85. The second kappa shape index (κ2) is 16.6. The maximum Gasteiger partial charge on any atom is 0.329 e. The molecule has 2 amide bonds. The summed E-state index contributed by atoms with van der Waals surface area (Å²) in [6.07, 6.45) is 3.46. The van der Waals surface area contributed by atoms with Crippen LogP contribution in [0, 0.1) is 31.1 Å². The number of carbonyl (C=O) groups excluding carboxylic acids is 4. The largest absolute Gasteiger partial charge is 0.504 e. The number of methoxy groups -OCH3 is 1. The van der Waals surface area contributed by atoms with Gasteiger partial charge in [0.1, 0.15) is 30.5 Å². The van der Waals surface area contributed by atoms with E-state index in [-0.39, 0.29) is 42.6 Å². The summed E-state index contributed by atoms with van der Waals surface area (Å²) in [5.74, 6) is -1.25. The number of nitriles is 1. The molecule has 6 aliphatic heterocycles. The highest BCUT2D eigenvalue weighted by atomic mass is 32.2. The zero-order chi connectivity index (χ0) is 43.4. The Morgan fingerprint density at radius 1 is 1.07 bits per heavy atom. The van der Waals surface area contributed by atoms with E-state index in [1.54, 1.807) is 26.8 Å². The first kappa shape index (κ1) is 42.0. The van der Waals surface area contributed by atoms with Gasteiger partial charge in [0.05, 0.1) is 30.5 Å². The maximum absolute atomic E-state index is 14.2. The molecular formula is C45H49N5O10S. The number of aryl methyl sites for hydroxylation is 1. The molecule has 0 spiro atoms. The van der Waals surface area contributed by atoms with Gasteiger partial charge in [0.2, 0.25) is 18.6 Å². The minimum atomic E-state index is -1.17. The standard InChI is InChI=1S/C45H49N5O10S/c1-21(2)35(48-31(52)14-13-25-11-9-8-10-12-25)44(54)47-27-19-61-43-34-33(42-41(58-20-59-42)23(4)40(34)60-24(5)51)30(18-57-45(27)55)50-29(17-46)28-16-26-15-22(3)39(56-7)38(53)32(26)36(37(43)50)49(28)6/h8-15,21,27-30,35-37,43,53H,16,18-20H2,1-7H3,(H,47,54)(H,48,52)/b14-13+/t27-,28-,29-,30+,35?,36+,37?,43+/m0/s1. The lowest BCUT2D eigenvalue weighted by atomic mass is 9.71. The smallest absolute Gasteiger partial charge is 0.329 e. The summed E-state index contributed by atoms with van der Waals surface area (Å²) in [4.78, 5) is 58.5. The number of benzene rings is 3. The van der Waals surface area contributed by atoms with Crippen LogP contribution >= 0.6 is 11.8 Å². The lowest BCUT2D eigenvalue weighted by Crippen LogP contribution is -2.69. The number of phenols is 1. The molecule has 16 heteroatoms. The third kappa shape index (κ3) is 7.21. The summed E-state index contributed by atoms with van der Waals surface area (Å²) in [5, 5.41) is 28.1. The van der Waals surface area contributed by atoms with Crippen LogP contribution in [0.5, 0.6) is 28.7 Å². The number of thioether (sulfide) groups is 1. The zero-order valence-electron chi connectivity index (χ0n) is 35.0. The fourth-order valence-electron chi connectivity index (χ4n) is 9.80. The van der Waals surface area contributed by atoms with Gasteiger partial charge in [0.25, 0.3) is 0 Å². The number of amides is 2. The normalized spacial score (nSPS) is 25.7. The Kier molecular flexibility index (Phi) is 11.4. The second-order valence-electron chi connectivity index (χ2n) is 16.4. The topological polar surface area (TPSA) is 189 Å². The quantitative estimate of drug-likeness (QED) is 0.162. The third-order valence-electron chi connectivity index (χ3n) is 12.4. The van der Waals surface area contributed by atoms with E-state index < -0.39 is 65.3 Å². The molecule has 0 aromatic heterocycles. The van der Waals surface area contributed by atoms with Crippen molar-refractivity contribution in [3.8, 4) is 34.8 Å². The molecule has 9 rings (SSSR count). The van der Waals surface area contributed by atoms with Crippen molar-refractivity contribution < 1.29 is 48.0 Å². The molecule has 6 aliphatic rings. The molecule has 61 heavy (non-hydrogen) atoms. The number of nitrogens with one attached hydrogen (secondary N) is 2. The number of esters is 2. The van der Waals surface area contributed by atoms with Gasteiger partial charge in [-0.25, -0.2) is 4.79 Å². The van der Waals surface area contributed by atoms with E-state index >= 15 is 0 Å². The van der Waals surface area contributed by atoms with E-state index in [1.165, 1.54) is 31.9 Å². The van der Waals surface area contributed by atoms with Crippen LogP contribution in [0.15, 0.2) is 42.5 Å². The number of hydrogen-bond donors (Lipinski definition) is 3. The molecule has 3 aromatic carbocycles. The van der Waals surface area contributed by atoms with Gasteiger partial charge in [-0.05, 0) is 56.0 Å². The molecule has 2 saturated heterocycles. The van der Waals surface area contributed by atoms with Crippen LogP contribution in [-0.2, 0) is 30.3 Å². The fraction of sp³-hybridized carbons (Fsp3) is 0.444. The average Bonchev–Trinajstić information content (AvgIpc) is 3.72. The van der Waals surface area contributed by atoms with Crippen molar-refractivity contribution in [2.75, 3.05) is 33.3 Å². The van der Waals surface area contributed by atoms with Gasteiger partial charge in [0.15, 0.2) is 23.0 Å². The Labute approximate surface area is 358 Å². The van der Waals surface area contributed by atoms with Crippen LogP contribution in [0.3, 0.4) is 0 Å². The molecule has 8 atom stereocenters. The maximum atomic E-state index is 14.2. The molecule has 3 N–H and O–H groups in total. The molecule has 15 nitrogen and oxygen atoms in total. The Morgan fingerprint density at radius 2 is 1.80 bits per heavy atom. The monoisotopic (exact) mass is 851 g/mol. The van der Waals surface area contributed by atoms with E-state index in [2.05, 4.69) is 26.5 Å². The van der Waals surface area contributed by atoms with Gasteiger partial charge < -0.3 is 39.4 Å². The predicted molar refractivity (Wildman–Crippen MR) is 224 cm³/mol. The highest BCUT2D eigenvalue weighted by molar-refractivity contribution is 7.99. The number of piperazine rings is 1. The molecule has 2 fully saturated rings. The average molecular weight is 852 g/mol. The first-order valence-corrected chi connectivity index (χ1v) is 21.3. The number of likely N-dealkylation sites (N-methyl/N-ethyl adjacent to an activating group) is 1. The molecule has 0 radical (unpaired) electrons. The van der Waals surface area contributed by atoms with Gasteiger partial charge in [-0.15, -0.1) is 11.8 Å². The highest BCUT2D eigenvalue weighted by Crippen LogP contribution is 2.64. The number of rotatable bonds is 8. The number of fused-ring (bicyclic) bond motifs is 10. The Hall–Kier alpha value is -5.76. The molecular weight excluding hydrogens is 803 g/mol. The number of hydrogen-bond acceptors (Lipinski definition) is 14. The molecule has 3 aromatic rings. The van der Waals surface area contributed by atoms with Crippen molar-refractivity contribution >= 4 is 41.6 Å². The van der Waals surface area contributed by atoms with Crippen LogP contribution < -0.4 is 29.6 Å². The van der Waals surface area contributed by atoms with Crippen molar-refractivity contribution in [3.05, 3.63) is 81.4 Å². The van der Waals surface area contributed by atoms with Gasteiger partial charge in [0, 0.05) is 53.1 Å². The van der Waals surface area contributed by atoms with E-state index in [9.17, 15) is 29.5 Å². The summed E-state index contributed by atoms with van der Waals surface area (Å²) >= 11 is 1.34. The minimum absolute atomic E-state index is 0.000353. The number of nitrogens with zero attached hydrogens (tertiary/aromatic N) is 3. The lowest BCUT2D eigenvalue weighted by molar-refractivity contribution is -0.152. The first-order valence-electron chi connectivity index (χ1n) is 20.3. The molecule has 0 saturated carbocycles. The minimum Gasteiger partial charge on any atom is -0.504 e. The van der Waals surface area contributed by atoms with Crippen molar-refractivity contribution in [1.82, 2.24) is 20.4 Å². The van der Waals surface area contributed by atoms with Crippen molar-refractivity contribution in [3.63, 3.8) is 0 Å². The Balaban J connectivity index is 1.23. The first-order chi connectivity index (χ1) is 29.2. The third-order valence-corrected chi connectivity index (χ3v) is 13.8. The van der Waals surface area contributed by atoms with E-state index in [0.717, 1.165) is 16.7 Å². The summed E-state index contributed by atoms with van der Waals surface area (Å²) in [6.45, 7) is 8.20. The summed E-state index contributed by atoms with van der Waals surface area (Å²) < 4.78 is 30.1. The Morgan fingerprint density at radius 3 is 2.49 bits per heavy atom. The van der Waals surface area contributed by atoms with Gasteiger partial charge in [-0.3, -0.25) is 24.2 Å². The number of ether oxygens (including phenoxy) is 5. The van der Waals surface area contributed by atoms with E-state index in [0.29, 0.717) is 45.9 Å². The van der Waals surface area contributed by atoms with E-state index in [1.807, 2.05) is 50.4 Å². The van der Waals surface area contributed by atoms with E-state index in [4.69, 9.17) is 23.7 Å². The van der Waals surface area contributed by atoms with Crippen LogP contribution in [0.1, 0.15) is 77.0 Å². The zero-order valence-corrected chi connectivity index (χ0v) is 35.8. The lowest BCUT2D eigenvalue weighted by Gasteiger charge is -2.61. The van der Waals surface area contributed by atoms with Gasteiger partial charge in [-0.2, -0.15) is 5.26 Å². The van der Waals surface area contributed by atoms with Gasteiger partial charge >= 0.3 is 11.9 Å². The second-order valence-corrected chi connectivity index (χ2v) is 17.6. The molecule has 320 valence electrons. The molecule has 2 unspecified atom stereocenters. The molecule has 6 heterocycles. The van der Waals surface area contributed by atoms with Gasteiger partial charge in [-0.1, -0.05) is 50.2 Å². The summed E-state index contributed by atoms with van der Waals surface area (Å²) in [6, 6.07) is 8.69. The van der Waals surface area contributed by atoms with Crippen LogP contribution in [0.2, 0.25) is 0 Å². The SMILES string of the molecule is COc1c(C)cc2c(c1O)[C@@H]1C3[C@@H]4SC[C@H](NC(=O)C(NC(=O)/C=C/c5ccccc5)C(C)C)C(=O)OC[C@H](c5c6c(c(C)c(OC(C)=O)c54)OCO6)N3[C@@H](C#N)[C@H](C2)N1C. The molecule has 0 aliphatic carbocycles. The molecule has 4 bridgehead atoms. The number of aromatic hydroxyl groups is 1. The van der Waals surface area contributed by atoms with Crippen LogP contribution in [0.25, 0.3) is 6.08 Å². The highest BCUT2D eigenvalue weighted by Gasteiger charge is 2.61. The van der Waals surface area contributed by atoms with Crippen LogP contribution in [-0.4, -0.2) is 102 Å². The summed E-state index contributed by atoms with van der Waals surface area (Å²) in [7, 11) is 3.46. The fourth-order valence-corrected chi connectivity index (χ4v) is 11.3. The number of phenolic OH excluding ortho intramolecular Hbond substituents is 1. The predicted octanol–water partition coefficient (Wildman–Crippen LogP) is 4.57. The van der Waals surface area contributed by atoms with Crippen molar-refractivity contribution in [1.29, 1.82) is 5.26 Å². The van der Waals surface area contributed by atoms with Crippen molar-refractivity contribution in [2.24, 2.45) is 5.92 Å². The van der Waals surface area contributed by atoms with Crippen LogP contribution in [0.4, 0.5) is 0 Å². The van der Waals surface area contributed by atoms with Crippen molar-refractivity contribution in [2.45, 2.75) is 88.6 Å².